The molecular formula is C60H64N3OPt-. The summed E-state index contributed by atoms with van der Waals surface area (Å²) in [5, 5.41) is 12.6. The van der Waals surface area contributed by atoms with Crippen molar-refractivity contribution < 1.29 is 34.4 Å². The number of aryl methyl sites for hydroxylation is 2. The Labute approximate surface area is 410 Å². The summed E-state index contributed by atoms with van der Waals surface area (Å²) in [6, 6.07) is 43.5. The third-order valence-corrected chi connectivity index (χ3v) is 12.2. The molecule has 2 aromatic heterocycles. The van der Waals surface area contributed by atoms with Crippen LogP contribution in [-0.4, -0.2) is 19.6 Å². The number of rotatable bonds is 6. The van der Waals surface area contributed by atoms with E-state index in [1.807, 2.05) is 18.2 Å². The van der Waals surface area contributed by atoms with Gasteiger partial charge < -0.3 is 5.11 Å². The van der Waals surface area contributed by atoms with Crippen LogP contribution in [0.2, 0.25) is 0 Å². The van der Waals surface area contributed by atoms with E-state index in [9.17, 15) is 5.11 Å². The van der Waals surface area contributed by atoms with E-state index >= 15 is 0 Å². The topological polar surface area (TPSA) is 50.9 Å². The third kappa shape index (κ3) is 9.57. The third-order valence-electron chi connectivity index (χ3n) is 12.2. The van der Waals surface area contributed by atoms with E-state index in [4.69, 9.17) is 18.2 Å². The molecule has 0 spiro atoms. The normalized spacial score (nSPS) is 14.2. The van der Waals surface area contributed by atoms with Gasteiger partial charge in [-0.15, -0.1) is 29.3 Å². The number of phenolic OH excluding ortho intramolecular Hbond substituents is 1. The minimum atomic E-state index is -2.51. The molecule has 0 bridgehead atoms. The molecule has 0 aliphatic heterocycles. The van der Waals surface area contributed by atoms with Gasteiger partial charge in [-0.2, -0.15) is 0 Å². The number of hydrogen-bond acceptors (Lipinski definition) is 3. The quantitative estimate of drug-likeness (QED) is 0.169. The molecule has 0 aliphatic carbocycles. The van der Waals surface area contributed by atoms with Gasteiger partial charge in [-0.1, -0.05) is 184 Å². The van der Waals surface area contributed by atoms with E-state index in [0.717, 1.165) is 55.7 Å². The fourth-order valence-electron chi connectivity index (χ4n) is 8.43. The summed E-state index contributed by atoms with van der Waals surface area (Å²) in [5.41, 5.74) is 12.2. The SMILES string of the molecule is [2H]C([2H])([2H])c1cc(-c2ccnc(-c3[c-]c(-c4cccc5c4nc(-c4cc(C(C)(C)C)cc(C(C)(C)C)c4O)n5-c4ccc(C(C)(C)C)cc4-c4ccccc4)cc(C(C)(C)C)c3)c2)cc(C([2H])([2H])[2H])c1.[Pt]. The molecule has 2 heterocycles. The minimum absolute atomic E-state index is 0. The molecule has 5 heteroatoms. The first-order chi connectivity index (χ1) is 32.4. The number of fused-ring (bicyclic) bond motifs is 1. The van der Waals surface area contributed by atoms with Crippen LogP contribution in [0.3, 0.4) is 0 Å². The van der Waals surface area contributed by atoms with Crippen LogP contribution in [0.15, 0.2) is 128 Å². The van der Waals surface area contributed by atoms with E-state index in [2.05, 4.69) is 173 Å². The number of para-hydroxylation sites is 1. The van der Waals surface area contributed by atoms with Crippen LogP contribution in [-0.2, 0) is 42.7 Å². The Bertz CT molecular complexity index is 3250. The number of imidazole rings is 1. The molecule has 0 aliphatic rings. The van der Waals surface area contributed by atoms with Gasteiger partial charge in [0.15, 0.2) is 0 Å². The van der Waals surface area contributed by atoms with Crippen molar-refractivity contribution in [2.75, 3.05) is 0 Å². The van der Waals surface area contributed by atoms with Crippen LogP contribution in [0, 0.1) is 19.8 Å². The molecule has 0 amide bonds. The van der Waals surface area contributed by atoms with Crippen molar-refractivity contribution in [2.24, 2.45) is 0 Å². The van der Waals surface area contributed by atoms with Crippen molar-refractivity contribution in [3.63, 3.8) is 0 Å². The molecule has 0 saturated carbocycles. The fraction of sp³-hybridized carbons (Fsp3) is 0.300. The standard InChI is InChI=1S/C60H64N3O.Pt/c1-37-27-38(2)29-41(28-37)40-25-26-61-51(33-40)43-30-42(31-45(32-43)58(6,7)8)47-21-18-22-53-54(47)62-56(49-35-46(59(9,10)11)36-50(55(49)64)60(12,13)14)63(53)52-24-23-44(57(3,4)5)34-48(52)39-19-16-15-17-20-39;/h15-29,31-36,64H,1-14H3;/q-1;/i1D3,2D3;. The zero-order valence-electron chi connectivity index (χ0n) is 45.7. The number of aromatic hydroxyl groups is 1. The summed E-state index contributed by atoms with van der Waals surface area (Å²) in [5.74, 6) is 0.797. The molecule has 0 radical (unpaired) electrons. The summed E-state index contributed by atoms with van der Waals surface area (Å²) in [7, 11) is 0. The smallest absolute Gasteiger partial charge is 0.148 e. The maximum Gasteiger partial charge on any atom is 0.148 e. The van der Waals surface area contributed by atoms with Crippen molar-refractivity contribution >= 4 is 11.0 Å². The average Bonchev–Trinajstić information content (AvgIpc) is 3.66. The van der Waals surface area contributed by atoms with Gasteiger partial charge in [0.05, 0.1) is 22.3 Å². The average molecular weight is 1040 g/mol. The molecule has 0 atom stereocenters. The number of phenols is 1. The van der Waals surface area contributed by atoms with Gasteiger partial charge in [0.2, 0.25) is 0 Å². The first-order valence-corrected chi connectivity index (χ1v) is 22.2. The predicted molar refractivity (Wildman–Crippen MR) is 271 cm³/mol. The molecule has 8 rings (SSSR count). The molecular weight excluding hydrogens is 974 g/mol. The van der Waals surface area contributed by atoms with Crippen molar-refractivity contribution in [3.8, 4) is 67.5 Å². The molecule has 0 saturated heterocycles. The molecule has 0 unspecified atom stereocenters. The second kappa shape index (κ2) is 17.3. The van der Waals surface area contributed by atoms with Crippen LogP contribution in [0.5, 0.6) is 5.75 Å². The first kappa shape index (κ1) is 39.8. The van der Waals surface area contributed by atoms with Gasteiger partial charge in [0.1, 0.15) is 11.6 Å². The van der Waals surface area contributed by atoms with Gasteiger partial charge >= 0.3 is 0 Å². The van der Waals surface area contributed by atoms with Gasteiger partial charge in [-0.25, -0.2) is 4.98 Å². The maximum atomic E-state index is 12.6. The molecule has 4 nitrogen and oxygen atoms in total. The molecule has 0 fully saturated rings. The second-order valence-electron chi connectivity index (χ2n) is 21.4. The van der Waals surface area contributed by atoms with Crippen molar-refractivity contribution in [3.05, 3.63) is 167 Å². The first-order valence-electron chi connectivity index (χ1n) is 25.2. The van der Waals surface area contributed by atoms with E-state index in [1.54, 1.807) is 12.3 Å². The Morgan fingerprint density at radius 3 is 1.80 bits per heavy atom. The number of nitrogens with zero attached hydrogens (tertiary/aromatic N) is 3. The predicted octanol–water partition coefficient (Wildman–Crippen LogP) is 16.1. The van der Waals surface area contributed by atoms with Crippen LogP contribution >= 0.6 is 0 Å². The summed E-state index contributed by atoms with van der Waals surface area (Å²) in [6.07, 6.45) is 1.66. The maximum absolute atomic E-state index is 12.6. The fourth-order valence-corrected chi connectivity index (χ4v) is 8.43. The van der Waals surface area contributed by atoms with E-state index in [-0.39, 0.29) is 59.6 Å². The minimum Gasteiger partial charge on any atom is -0.507 e. The summed E-state index contributed by atoms with van der Waals surface area (Å²) < 4.78 is 51.0. The van der Waals surface area contributed by atoms with Gasteiger partial charge in [-0.3, -0.25) is 9.55 Å². The zero-order chi connectivity index (χ0) is 51.1. The Kier molecular flexibility index (Phi) is 10.6. The Morgan fingerprint density at radius 2 is 1.17 bits per heavy atom. The summed E-state index contributed by atoms with van der Waals surface area (Å²) in [4.78, 5) is 10.5. The second-order valence-corrected chi connectivity index (χ2v) is 21.4. The number of benzene rings is 6. The summed E-state index contributed by atoms with van der Waals surface area (Å²) >= 11 is 0. The zero-order valence-corrected chi connectivity index (χ0v) is 42.0. The molecule has 6 aromatic carbocycles. The number of hydrogen-bond donors (Lipinski definition) is 1. The molecule has 8 aromatic rings. The largest absolute Gasteiger partial charge is 0.507 e. The monoisotopic (exact) mass is 1040 g/mol. The van der Waals surface area contributed by atoms with Crippen LogP contribution in [0.4, 0.5) is 0 Å². The Balaban J connectivity index is 0.00000741. The van der Waals surface area contributed by atoms with Crippen molar-refractivity contribution in [1.29, 1.82) is 0 Å². The van der Waals surface area contributed by atoms with Crippen LogP contribution in [0.1, 0.15) is 125 Å². The van der Waals surface area contributed by atoms with E-state index in [1.165, 1.54) is 23.8 Å². The number of aromatic nitrogens is 3. The van der Waals surface area contributed by atoms with E-state index < -0.39 is 13.7 Å². The van der Waals surface area contributed by atoms with Crippen LogP contribution in [0.25, 0.3) is 72.7 Å². The van der Waals surface area contributed by atoms with Gasteiger partial charge in [-0.05, 0) is 93.5 Å². The van der Waals surface area contributed by atoms with Gasteiger partial charge in [0, 0.05) is 52.3 Å². The Hall–Kier alpha value is -5.57. The Morgan fingerprint density at radius 1 is 0.538 bits per heavy atom. The van der Waals surface area contributed by atoms with Crippen molar-refractivity contribution in [2.45, 2.75) is 118 Å². The van der Waals surface area contributed by atoms with Gasteiger partial charge in [0.25, 0.3) is 0 Å². The molecule has 336 valence electrons. The van der Waals surface area contributed by atoms with Crippen molar-refractivity contribution in [1.82, 2.24) is 14.5 Å². The van der Waals surface area contributed by atoms with Crippen LogP contribution < -0.4 is 0 Å². The van der Waals surface area contributed by atoms with E-state index in [0.29, 0.717) is 33.8 Å². The molecule has 1 N–H and O–H groups in total. The molecule has 65 heavy (non-hydrogen) atoms. The summed E-state index contributed by atoms with van der Waals surface area (Å²) in [6.45, 7) is 21.1. The number of pyridine rings is 1.